The van der Waals surface area contributed by atoms with Gasteiger partial charge in [0.05, 0.1) is 11.5 Å². The fraction of sp³-hybridized carbons (Fsp3) is 0.300. The van der Waals surface area contributed by atoms with Crippen molar-refractivity contribution in [1.82, 2.24) is 0 Å². The van der Waals surface area contributed by atoms with Crippen molar-refractivity contribution >= 4 is 11.7 Å². The SMILES string of the molecule is CCOC(=O)c1c(O)c([N+](=O)[O-])cc(C)c1F. The van der Waals surface area contributed by atoms with Crippen molar-refractivity contribution in [2.24, 2.45) is 0 Å². The van der Waals surface area contributed by atoms with E-state index in [4.69, 9.17) is 0 Å². The molecular formula is C10H10FNO5. The number of hydrogen-bond acceptors (Lipinski definition) is 5. The molecule has 0 heterocycles. The van der Waals surface area contributed by atoms with E-state index in [2.05, 4.69) is 4.74 Å². The van der Waals surface area contributed by atoms with Gasteiger partial charge in [-0.05, 0) is 19.4 Å². The number of halogens is 1. The lowest BCUT2D eigenvalue weighted by atomic mass is 10.1. The molecule has 6 nitrogen and oxygen atoms in total. The van der Waals surface area contributed by atoms with Gasteiger partial charge in [-0.2, -0.15) is 0 Å². The van der Waals surface area contributed by atoms with Crippen LogP contribution in [-0.2, 0) is 4.74 Å². The number of benzene rings is 1. The van der Waals surface area contributed by atoms with E-state index in [1.807, 2.05) is 0 Å². The predicted octanol–water partition coefficient (Wildman–Crippen LogP) is 1.92. The zero-order valence-corrected chi connectivity index (χ0v) is 9.19. The van der Waals surface area contributed by atoms with E-state index >= 15 is 0 Å². The average Bonchev–Trinajstić information content (AvgIpc) is 2.23. The number of rotatable bonds is 3. The van der Waals surface area contributed by atoms with E-state index in [1.54, 1.807) is 0 Å². The van der Waals surface area contributed by atoms with Crippen LogP contribution >= 0.6 is 0 Å². The lowest BCUT2D eigenvalue weighted by molar-refractivity contribution is -0.386. The number of hydrogen-bond donors (Lipinski definition) is 1. The van der Waals surface area contributed by atoms with Gasteiger partial charge in [-0.15, -0.1) is 0 Å². The highest BCUT2D eigenvalue weighted by Crippen LogP contribution is 2.34. The van der Waals surface area contributed by atoms with Crippen LogP contribution in [0.2, 0.25) is 0 Å². The lowest BCUT2D eigenvalue weighted by Gasteiger charge is -2.07. The molecule has 0 aliphatic rings. The highest BCUT2D eigenvalue weighted by atomic mass is 19.1. The Kier molecular flexibility index (Phi) is 3.62. The fourth-order valence-electron chi connectivity index (χ4n) is 1.29. The second-order valence-electron chi connectivity index (χ2n) is 3.23. The Morgan fingerprint density at radius 3 is 2.71 bits per heavy atom. The van der Waals surface area contributed by atoms with Crippen molar-refractivity contribution in [3.63, 3.8) is 0 Å². The van der Waals surface area contributed by atoms with E-state index in [-0.39, 0.29) is 12.2 Å². The Labute approximate surface area is 95.8 Å². The molecule has 0 aliphatic carbocycles. The molecule has 0 aromatic heterocycles. The molecular weight excluding hydrogens is 233 g/mol. The first-order chi connectivity index (χ1) is 7.90. The van der Waals surface area contributed by atoms with E-state index in [9.17, 15) is 24.4 Å². The van der Waals surface area contributed by atoms with Crippen LogP contribution in [0.4, 0.5) is 10.1 Å². The van der Waals surface area contributed by atoms with E-state index < -0.39 is 33.7 Å². The summed E-state index contributed by atoms with van der Waals surface area (Å²) in [7, 11) is 0. The van der Waals surface area contributed by atoms with Gasteiger partial charge in [0, 0.05) is 6.07 Å². The highest BCUT2D eigenvalue weighted by molar-refractivity contribution is 5.94. The van der Waals surface area contributed by atoms with Gasteiger partial charge in [0.1, 0.15) is 11.4 Å². The quantitative estimate of drug-likeness (QED) is 0.497. The van der Waals surface area contributed by atoms with Crippen molar-refractivity contribution in [2.45, 2.75) is 13.8 Å². The first-order valence-corrected chi connectivity index (χ1v) is 4.73. The van der Waals surface area contributed by atoms with Crippen LogP contribution in [0.1, 0.15) is 22.8 Å². The molecule has 0 aliphatic heterocycles. The zero-order chi connectivity index (χ0) is 13.2. The van der Waals surface area contributed by atoms with Crippen LogP contribution < -0.4 is 0 Å². The van der Waals surface area contributed by atoms with Gasteiger partial charge in [0.15, 0.2) is 0 Å². The Bertz CT molecular complexity index is 486. The molecule has 1 rings (SSSR count). The molecule has 0 atom stereocenters. The zero-order valence-electron chi connectivity index (χ0n) is 9.19. The molecule has 17 heavy (non-hydrogen) atoms. The van der Waals surface area contributed by atoms with Gasteiger partial charge < -0.3 is 9.84 Å². The minimum atomic E-state index is -1.13. The summed E-state index contributed by atoms with van der Waals surface area (Å²) in [5, 5.41) is 20.1. The molecule has 0 bridgehead atoms. The van der Waals surface area contributed by atoms with Crippen molar-refractivity contribution < 1.29 is 24.0 Å². The van der Waals surface area contributed by atoms with Crippen LogP contribution in [-0.4, -0.2) is 22.6 Å². The smallest absolute Gasteiger partial charge is 0.345 e. The largest absolute Gasteiger partial charge is 0.501 e. The number of esters is 1. The van der Waals surface area contributed by atoms with Crippen molar-refractivity contribution in [1.29, 1.82) is 0 Å². The molecule has 0 amide bonds. The Balaban J connectivity index is 3.47. The summed E-state index contributed by atoms with van der Waals surface area (Å²) in [6.07, 6.45) is 0. The van der Waals surface area contributed by atoms with Crippen molar-refractivity contribution in [2.75, 3.05) is 6.61 Å². The summed E-state index contributed by atoms with van der Waals surface area (Å²) in [6.45, 7) is 2.72. The molecule has 0 unspecified atom stereocenters. The molecule has 0 radical (unpaired) electrons. The lowest BCUT2D eigenvalue weighted by Crippen LogP contribution is -2.10. The molecule has 92 valence electrons. The van der Waals surface area contributed by atoms with Gasteiger partial charge in [0.2, 0.25) is 5.75 Å². The minimum Gasteiger partial charge on any atom is -0.501 e. The number of phenols is 1. The summed E-state index contributed by atoms with van der Waals surface area (Å²) in [5.41, 5.74) is -1.65. The third-order valence-corrected chi connectivity index (χ3v) is 2.07. The fourth-order valence-corrected chi connectivity index (χ4v) is 1.29. The molecule has 0 saturated carbocycles. The minimum absolute atomic E-state index is 0.0283. The number of phenolic OH excluding ortho intramolecular Hbond substituents is 1. The summed E-state index contributed by atoms with van der Waals surface area (Å²) < 4.78 is 18.1. The van der Waals surface area contributed by atoms with E-state index in [0.29, 0.717) is 0 Å². The second-order valence-corrected chi connectivity index (χ2v) is 3.23. The number of carbonyl (C=O) groups excluding carboxylic acids is 1. The number of aryl methyl sites for hydroxylation is 1. The number of nitrogens with zero attached hydrogens (tertiary/aromatic N) is 1. The molecule has 1 N–H and O–H groups in total. The first kappa shape index (κ1) is 12.9. The molecule has 0 fully saturated rings. The van der Waals surface area contributed by atoms with Crippen molar-refractivity contribution in [3.8, 4) is 5.75 Å². The summed E-state index contributed by atoms with van der Waals surface area (Å²) in [4.78, 5) is 21.1. The van der Waals surface area contributed by atoms with Crippen LogP contribution in [0.5, 0.6) is 5.75 Å². The van der Waals surface area contributed by atoms with Crippen LogP contribution in [0.25, 0.3) is 0 Å². The molecule has 0 saturated heterocycles. The highest BCUT2D eigenvalue weighted by Gasteiger charge is 2.28. The first-order valence-electron chi connectivity index (χ1n) is 4.73. The Morgan fingerprint density at radius 2 is 2.24 bits per heavy atom. The van der Waals surface area contributed by atoms with Gasteiger partial charge >= 0.3 is 11.7 Å². The van der Waals surface area contributed by atoms with Gasteiger partial charge in [-0.25, -0.2) is 9.18 Å². The number of nitro groups is 1. The maximum atomic E-state index is 13.6. The number of aromatic hydroxyl groups is 1. The standard InChI is InChI=1S/C10H10FNO5/c1-3-17-10(14)7-8(11)5(2)4-6(9(7)13)12(15)16/h4,13H,3H2,1-2H3. The molecule has 1 aromatic rings. The predicted molar refractivity (Wildman–Crippen MR) is 55.4 cm³/mol. The van der Waals surface area contributed by atoms with Crippen LogP contribution in [0.3, 0.4) is 0 Å². The Morgan fingerprint density at radius 1 is 1.65 bits per heavy atom. The van der Waals surface area contributed by atoms with Crippen molar-refractivity contribution in [3.05, 3.63) is 33.1 Å². The van der Waals surface area contributed by atoms with E-state index in [0.717, 1.165) is 6.07 Å². The number of ether oxygens (including phenoxy) is 1. The third kappa shape index (κ3) is 2.32. The number of nitro benzene ring substituents is 1. The Hall–Kier alpha value is -2.18. The maximum Gasteiger partial charge on any atom is 0.345 e. The molecule has 1 aromatic carbocycles. The van der Waals surface area contributed by atoms with Gasteiger partial charge in [0.25, 0.3) is 0 Å². The summed E-state index contributed by atoms with van der Waals surface area (Å²) in [6, 6.07) is 0.855. The van der Waals surface area contributed by atoms with Crippen LogP contribution in [0.15, 0.2) is 6.07 Å². The third-order valence-electron chi connectivity index (χ3n) is 2.07. The monoisotopic (exact) mass is 243 g/mol. The molecule has 0 spiro atoms. The molecule has 7 heteroatoms. The second kappa shape index (κ2) is 4.77. The summed E-state index contributed by atoms with van der Waals surface area (Å²) in [5.74, 6) is -3.17. The maximum absolute atomic E-state index is 13.6. The topological polar surface area (TPSA) is 89.7 Å². The summed E-state index contributed by atoms with van der Waals surface area (Å²) >= 11 is 0. The van der Waals surface area contributed by atoms with E-state index in [1.165, 1.54) is 13.8 Å². The van der Waals surface area contributed by atoms with Gasteiger partial charge in [-0.3, -0.25) is 10.1 Å². The van der Waals surface area contributed by atoms with Crippen LogP contribution in [0, 0.1) is 22.9 Å². The normalized spacial score (nSPS) is 10.1. The number of carbonyl (C=O) groups is 1. The average molecular weight is 243 g/mol. The van der Waals surface area contributed by atoms with Gasteiger partial charge in [-0.1, -0.05) is 0 Å².